The van der Waals surface area contributed by atoms with Gasteiger partial charge < -0.3 is 20.9 Å². The molecule has 4 N–H and O–H groups in total. The Morgan fingerprint density at radius 3 is 2.15 bits per heavy atom. The summed E-state index contributed by atoms with van der Waals surface area (Å²) in [6.07, 6.45) is 0. The summed E-state index contributed by atoms with van der Waals surface area (Å²) in [5.41, 5.74) is 8.15. The van der Waals surface area contributed by atoms with Crippen molar-refractivity contribution < 1.29 is 24.2 Å². The summed E-state index contributed by atoms with van der Waals surface area (Å²) in [6.45, 7) is 1.81. The zero-order valence-corrected chi connectivity index (χ0v) is 18.3. The van der Waals surface area contributed by atoms with Gasteiger partial charge in [-0.25, -0.2) is 9.59 Å². The van der Waals surface area contributed by atoms with E-state index >= 15 is 0 Å². The van der Waals surface area contributed by atoms with Crippen LogP contribution in [0, 0.1) is 29.6 Å². The van der Waals surface area contributed by atoms with E-state index in [0.29, 0.717) is 16.8 Å². The number of nitrogens with one attached hydrogen (secondary N) is 1. The average Bonchev–Trinajstić information content (AvgIpc) is 2.84. The van der Waals surface area contributed by atoms with Crippen molar-refractivity contribution in [2.24, 2.45) is 0 Å². The number of nitrogen functional groups attached to an aromatic ring is 1. The number of nitriles is 2. The van der Waals surface area contributed by atoms with Crippen LogP contribution in [0.2, 0.25) is 0 Å². The quantitative estimate of drug-likeness (QED) is 0.394. The highest BCUT2D eigenvalue weighted by Gasteiger charge is 2.13. The first-order valence-electron chi connectivity index (χ1n) is 9.74. The Morgan fingerprint density at radius 1 is 0.941 bits per heavy atom. The van der Waals surface area contributed by atoms with Crippen molar-refractivity contribution in [2.45, 2.75) is 6.92 Å². The molecule has 0 bridgehead atoms. The maximum absolute atomic E-state index is 12.2. The molecule has 34 heavy (non-hydrogen) atoms. The SMILES string of the molecule is COC(=O)c1ccc(N)c(C#N)c1.Cc1ccccc1C(=O)Nc1ccc(C(=O)O)cc1C#N. The lowest BCUT2D eigenvalue weighted by molar-refractivity contribution is 0.0599. The van der Waals surface area contributed by atoms with E-state index in [1.54, 1.807) is 12.1 Å². The van der Waals surface area contributed by atoms with E-state index in [1.165, 1.54) is 43.5 Å². The minimum absolute atomic E-state index is 0.000408. The zero-order chi connectivity index (χ0) is 25.3. The van der Waals surface area contributed by atoms with Gasteiger partial charge >= 0.3 is 11.9 Å². The Morgan fingerprint density at radius 2 is 1.56 bits per heavy atom. The number of ether oxygens (including phenoxy) is 1. The molecule has 0 atom stereocenters. The van der Waals surface area contributed by atoms with Gasteiger partial charge in [-0.15, -0.1) is 0 Å². The molecule has 3 aromatic carbocycles. The van der Waals surface area contributed by atoms with E-state index in [4.69, 9.17) is 21.4 Å². The molecule has 0 aromatic heterocycles. The second-order valence-corrected chi connectivity index (χ2v) is 6.85. The Bertz CT molecular complexity index is 1340. The minimum Gasteiger partial charge on any atom is -0.478 e. The Labute approximate surface area is 195 Å². The predicted molar refractivity (Wildman–Crippen MR) is 124 cm³/mol. The summed E-state index contributed by atoms with van der Waals surface area (Å²) in [7, 11) is 1.28. The van der Waals surface area contributed by atoms with Gasteiger partial charge in [0.05, 0.1) is 35.1 Å². The number of benzene rings is 3. The van der Waals surface area contributed by atoms with Gasteiger partial charge in [-0.1, -0.05) is 18.2 Å². The number of carbonyl (C=O) groups excluding carboxylic acids is 2. The topological polar surface area (TPSA) is 166 Å². The van der Waals surface area contributed by atoms with Crippen molar-refractivity contribution in [1.29, 1.82) is 10.5 Å². The molecular weight excluding hydrogens is 436 g/mol. The number of rotatable bonds is 4. The Kier molecular flexibility index (Phi) is 8.47. The smallest absolute Gasteiger partial charge is 0.337 e. The monoisotopic (exact) mass is 456 g/mol. The summed E-state index contributed by atoms with van der Waals surface area (Å²) in [5, 5.41) is 29.2. The number of aryl methyl sites for hydroxylation is 1. The highest BCUT2D eigenvalue weighted by atomic mass is 16.5. The molecule has 0 saturated heterocycles. The number of nitrogens with two attached hydrogens (primary N) is 1. The van der Waals surface area contributed by atoms with E-state index < -0.39 is 11.9 Å². The molecule has 1 amide bonds. The molecule has 0 aliphatic rings. The fraction of sp³-hybridized carbons (Fsp3) is 0.0800. The van der Waals surface area contributed by atoms with E-state index in [-0.39, 0.29) is 28.3 Å². The van der Waals surface area contributed by atoms with Gasteiger partial charge in [0.15, 0.2) is 0 Å². The van der Waals surface area contributed by atoms with Gasteiger partial charge in [-0.3, -0.25) is 4.79 Å². The van der Waals surface area contributed by atoms with Crippen LogP contribution in [0.15, 0.2) is 60.7 Å². The first kappa shape index (κ1) is 25.1. The highest BCUT2D eigenvalue weighted by Crippen LogP contribution is 2.19. The van der Waals surface area contributed by atoms with Crippen molar-refractivity contribution in [3.63, 3.8) is 0 Å². The fourth-order valence-corrected chi connectivity index (χ4v) is 2.79. The van der Waals surface area contributed by atoms with Crippen LogP contribution >= 0.6 is 0 Å². The molecule has 9 heteroatoms. The van der Waals surface area contributed by atoms with Gasteiger partial charge in [0.2, 0.25) is 0 Å². The van der Waals surface area contributed by atoms with Gasteiger partial charge in [-0.2, -0.15) is 10.5 Å². The molecule has 170 valence electrons. The van der Waals surface area contributed by atoms with Crippen molar-refractivity contribution in [2.75, 3.05) is 18.2 Å². The predicted octanol–water partition coefficient (Wildman–Crippen LogP) is 3.74. The number of methoxy groups -OCH3 is 1. The summed E-state index contributed by atoms with van der Waals surface area (Å²) in [6, 6.07) is 19.3. The van der Waals surface area contributed by atoms with Gasteiger partial charge in [0, 0.05) is 11.3 Å². The number of carboxylic acids is 1. The molecule has 0 fully saturated rings. The molecule has 0 radical (unpaired) electrons. The standard InChI is InChI=1S/C16H12N2O3.C9H8N2O2/c1-10-4-2-3-5-13(10)15(19)18-14-7-6-11(16(20)21)8-12(14)9-17;1-13-9(12)6-2-3-8(11)7(4-6)5-10/h2-8H,1H3,(H,18,19)(H,20,21);2-4H,11H2,1H3. The van der Waals surface area contributed by atoms with E-state index in [0.717, 1.165) is 5.56 Å². The molecule has 0 aliphatic carbocycles. The zero-order valence-electron chi connectivity index (χ0n) is 18.3. The van der Waals surface area contributed by atoms with Crippen LogP contribution in [0.5, 0.6) is 0 Å². The van der Waals surface area contributed by atoms with Crippen LogP contribution < -0.4 is 11.1 Å². The van der Waals surface area contributed by atoms with Crippen LogP contribution in [-0.4, -0.2) is 30.1 Å². The highest BCUT2D eigenvalue weighted by molar-refractivity contribution is 6.06. The number of carbonyl (C=O) groups is 3. The van der Waals surface area contributed by atoms with Crippen LogP contribution in [-0.2, 0) is 4.74 Å². The molecular formula is C25H20N4O5. The largest absolute Gasteiger partial charge is 0.478 e. The summed E-state index contributed by atoms with van der Waals surface area (Å²) < 4.78 is 4.49. The van der Waals surface area contributed by atoms with Crippen LogP contribution in [0.4, 0.5) is 11.4 Å². The van der Waals surface area contributed by atoms with Crippen molar-refractivity contribution in [3.8, 4) is 12.1 Å². The van der Waals surface area contributed by atoms with Gasteiger partial charge in [0.1, 0.15) is 12.1 Å². The van der Waals surface area contributed by atoms with Gasteiger partial charge in [-0.05, 0) is 55.0 Å². The lowest BCUT2D eigenvalue weighted by Crippen LogP contribution is -2.14. The number of esters is 1. The molecule has 3 rings (SSSR count). The first-order valence-corrected chi connectivity index (χ1v) is 9.74. The second-order valence-electron chi connectivity index (χ2n) is 6.85. The Hall–Kier alpha value is -5.15. The number of anilines is 2. The number of amides is 1. The van der Waals surface area contributed by atoms with E-state index in [2.05, 4.69) is 10.1 Å². The van der Waals surface area contributed by atoms with E-state index in [9.17, 15) is 14.4 Å². The van der Waals surface area contributed by atoms with Crippen molar-refractivity contribution >= 4 is 29.2 Å². The minimum atomic E-state index is -1.12. The lowest BCUT2D eigenvalue weighted by Gasteiger charge is -2.09. The first-order chi connectivity index (χ1) is 16.2. The fourth-order valence-electron chi connectivity index (χ4n) is 2.79. The normalized spacial score (nSPS) is 9.41. The number of hydrogen-bond acceptors (Lipinski definition) is 7. The summed E-state index contributed by atoms with van der Waals surface area (Å²) in [4.78, 5) is 34.1. The number of carboxylic acid groups (broad SMARTS) is 1. The molecule has 3 aromatic rings. The lowest BCUT2D eigenvalue weighted by atomic mass is 10.1. The molecule has 0 unspecified atom stereocenters. The van der Waals surface area contributed by atoms with Crippen molar-refractivity contribution in [3.05, 3.63) is 94.0 Å². The van der Waals surface area contributed by atoms with Crippen LogP contribution in [0.1, 0.15) is 47.8 Å². The van der Waals surface area contributed by atoms with Crippen molar-refractivity contribution in [1.82, 2.24) is 0 Å². The third-order valence-corrected chi connectivity index (χ3v) is 4.62. The molecule has 0 aliphatic heterocycles. The van der Waals surface area contributed by atoms with Crippen LogP contribution in [0.25, 0.3) is 0 Å². The number of hydrogen-bond donors (Lipinski definition) is 3. The Balaban J connectivity index is 0.000000270. The molecule has 0 spiro atoms. The van der Waals surface area contributed by atoms with Gasteiger partial charge in [0.25, 0.3) is 5.91 Å². The number of nitrogens with zero attached hydrogens (tertiary/aromatic N) is 2. The summed E-state index contributed by atoms with van der Waals surface area (Å²) >= 11 is 0. The molecule has 0 saturated carbocycles. The molecule has 9 nitrogen and oxygen atoms in total. The van der Waals surface area contributed by atoms with E-state index in [1.807, 2.05) is 31.2 Å². The maximum Gasteiger partial charge on any atom is 0.337 e. The third-order valence-electron chi connectivity index (χ3n) is 4.62. The average molecular weight is 456 g/mol. The van der Waals surface area contributed by atoms with Crippen LogP contribution in [0.3, 0.4) is 0 Å². The maximum atomic E-state index is 12.2. The number of aromatic carboxylic acids is 1. The second kappa shape index (κ2) is 11.5. The third kappa shape index (κ3) is 6.19. The molecule has 0 heterocycles. The summed E-state index contributed by atoms with van der Waals surface area (Å²) in [5.74, 6) is -1.94.